The molecule has 0 radical (unpaired) electrons. The van der Waals surface area contributed by atoms with Crippen LogP contribution in [0.5, 0.6) is 0 Å². The minimum Gasteiger partial charge on any atom is -0.382 e. The molecular formula is C15H23N5OS. The van der Waals surface area contributed by atoms with Crippen molar-refractivity contribution in [1.29, 1.82) is 0 Å². The summed E-state index contributed by atoms with van der Waals surface area (Å²) < 4.78 is 0. The van der Waals surface area contributed by atoms with Crippen LogP contribution in [-0.4, -0.2) is 57.5 Å². The number of anilines is 1. The lowest BCUT2D eigenvalue weighted by molar-refractivity contribution is 0.0814. The second-order valence-corrected chi connectivity index (χ2v) is 7.23. The molecule has 0 aromatic carbocycles. The third-order valence-corrected chi connectivity index (χ3v) is 5.68. The van der Waals surface area contributed by atoms with Crippen LogP contribution >= 0.6 is 11.8 Å². The highest BCUT2D eigenvalue weighted by Gasteiger charge is 2.40. The number of hydrogen-bond donors (Lipinski definition) is 2. The smallest absolute Gasteiger partial charge is 0.273 e. The molecule has 1 aliphatic heterocycles. The molecule has 6 nitrogen and oxygen atoms in total. The molecule has 7 heteroatoms. The number of nitrogens with two attached hydrogens (primary N) is 1. The highest BCUT2D eigenvalue weighted by molar-refractivity contribution is 7.99. The molecule has 3 rings (SSSR count). The number of amides is 1. The van der Waals surface area contributed by atoms with Gasteiger partial charge in [0, 0.05) is 49.1 Å². The van der Waals surface area contributed by atoms with Crippen LogP contribution in [0.25, 0.3) is 0 Å². The average Bonchev–Trinajstić information content (AvgIpc) is 3.04. The van der Waals surface area contributed by atoms with Gasteiger partial charge in [-0.15, -0.1) is 0 Å². The fourth-order valence-electron chi connectivity index (χ4n) is 3.53. The summed E-state index contributed by atoms with van der Waals surface area (Å²) in [6, 6.07) is 0. The zero-order valence-corrected chi connectivity index (χ0v) is 13.6. The number of nitrogen functional groups attached to an aromatic ring is 1. The highest BCUT2D eigenvalue weighted by atomic mass is 32.2. The number of nitrogens with one attached hydrogen (secondary N) is 1. The molecule has 1 saturated heterocycles. The first-order valence-corrected chi connectivity index (χ1v) is 9.04. The molecule has 120 valence electrons. The second-order valence-electron chi connectivity index (χ2n) is 6.00. The van der Waals surface area contributed by atoms with E-state index in [9.17, 15) is 4.79 Å². The van der Waals surface area contributed by atoms with Crippen molar-refractivity contribution in [2.24, 2.45) is 0 Å². The van der Waals surface area contributed by atoms with Crippen LogP contribution in [0.4, 0.5) is 5.82 Å². The summed E-state index contributed by atoms with van der Waals surface area (Å²) in [6.07, 6.45) is 7.80. The number of aromatic nitrogens is 2. The van der Waals surface area contributed by atoms with E-state index in [1.165, 1.54) is 36.7 Å². The van der Waals surface area contributed by atoms with Gasteiger partial charge < -0.3 is 11.1 Å². The van der Waals surface area contributed by atoms with Gasteiger partial charge in [-0.25, -0.2) is 9.97 Å². The van der Waals surface area contributed by atoms with Gasteiger partial charge in [0.25, 0.3) is 5.91 Å². The second kappa shape index (κ2) is 6.83. The lowest BCUT2D eigenvalue weighted by atomic mass is 9.94. The average molecular weight is 321 g/mol. The van der Waals surface area contributed by atoms with E-state index in [0.29, 0.717) is 6.54 Å². The van der Waals surface area contributed by atoms with Gasteiger partial charge in [-0.05, 0) is 12.8 Å². The predicted molar refractivity (Wildman–Crippen MR) is 88.9 cm³/mol. The van der Waals surface area contributed by atoms with Crippen molar-refractivity contribution < 1.29 is 4.79 Å². The number of thioether (sulfide) groups is 1. The molecule has 1 saturated carbocycles. The Balaban J connectivity index is 1.67. The molecule has 2 heterocycles. The summed E-state index contributed by atoms with van der Waals surface area (Å²) in [5, 5.41) is 3.05. The molecular weight excluding hydrogens is 298 g/mol. The SMILES string of the molecule is Nc1nccnc1C(=O)NCC1(N2CCSCC2)CCCC1. The van der Waals surface area contributed by atoms with Crippen molar-refractivity contribution in [3.05, 3.63) is 18.1 Å². The minimum atomic E-state index is -0.219. The Bertz CT molecular complexity index is 526. The lowest BCUT2D eigenvalue weighted by Gasteiger charge is -2.43. The van der Waals surface area contributed by atoms with Crippen molar-refractivity contribution in [3.8, 4) is 0 Å². The summed E-state index contributed by atoms with van der Waals surface area (Å²) in [7, 11) is 0. The van der Waals surface area contributed by atoms with E-state index in [1.807, 2.05) is 11.8 Å². The van der Waals surface area contributed by atoms with E-state index in [0.717, 1.165) is 25.9 Å². The predicted octanol–water partition coefficient (Wildman–Crippen LogP) is 1.15. The van der Waals surface area contributed by atoms with Gasteiger partial charge in [-0.3, -0.25) is 9.69 Å². The van der Waals surface area contributed by atoms with E-state index in [1.54, 1.807) is 0 Å². The summed E-state index contributed by atoms with van der Waals surface area (Å²) >= 11 is 2.02. The molecule has 0 atom stereocenters. The van der Waals surface area contributed by atoms with Crippen LogP contribution in [0.3, 0.4) is 0 Å². The zero-order chi connectivity index (χ0) is 15.4. The van der Waals surface area contributed by atoms with E-state index in [2.05, 4.69) is 20.2 Å². The van der Waals surface area contributed by atoms with Crippen molar-refractivity contribution in [2.45, 2.75) is 31.2 Å². The molecule has 1 aromatic rings. The number of nitrogens with zero attached hydrogens (tertiary/aromatic N) is 3. The third-order valence-electron chi connectivity index (χ3n) is 4.74. The van der Waals surface area contributed by atoms with Crippen molar-refractivity contribution >= 4 is 23.5 Å². The van der Waals surface area contributed by atoms with Crippen LogP contribution in [0, 0.1) is 0 Å². The number of carbonyl (C=O) groups excluding carboxylic acids is 1. The maximum absolute atomic E-state index is 12.3. The molecule has 0 bridgehead atoms. The Hall–Kier alpha value is -1.34. The molecule has 0 spiro atoms. The van der Waals surface area contributed by atoms with Crippen LogP contribution in [0.15, 0.2) is 12.4 Å². The van der Waals surface area contributed by atoms with E-state index < -0.39 is 0 Å². The van der Waals surface area contributed by atoms with Crippen molar-refractivity contribution in [2.75, 3.05) is 36.9 Å². The normalized spacial score (nSPS) is 21.6. The molecule has 2 fully saturated rings. The first-order chi connectivity index (χ1) is 10.7. The Labute approximate surface area is 135 Å². The monoisotopic (exact) mass is 321 g/mol. The van der Waals surface area contributed by atoms with Crippen LogP contribution < -0.4 is 11.1 Å². The van der Waals surface area contributed by atoms with Gasteiger partial charge in [0.05, 0.1) is 0 Å². The van der Waals surface area contributed by atoms with Crippen LogP contribution in [0.2, 0.25) is 0 Å². The topological polar surface area (TPSA) is 84.1 Å². The van der Waals surface area contributed by atoms with Gasteiger partial charge in [0.15, 0.2) is 11.5 Å². The van der Waals surface area contributed by atoms with E-state index >= 15 is 0 Å². The maximum Gasteiger partial charge on any atom is 0.273 e. The van der Waals surface area contributed by atoms with E-state index in [-0.39, 0.29) is 23.0 Å². The Morgan fingerprint density at radius 3 is 2.64 bits per heavy atom. The Kier molecular flexibility index (Phi) is 4.83. The first kappa shape index (κ1) is 15.6. The molecule has 2 aliphatic rings. The zero-order valence-electron chi connectivity index (χ0n) is 12.8. The molecule has 1 aliphatic carbocycles. The Morgan fingerprint density at radius 1 is 1.27 bits per heavy atom. The first-order valence-electron chi connectivity index (χ1n) is 7.89. The highest BCUT2D eigenvalue weighted by Crippen LogP contribution is 2.36. The van der Waals surface area contributed by atoms with Gasteiger partial charge in [0.2, 0.25) is 0 Å². The standard InChI is InChI=1S/C15H23N5OS/c16-13-12(17-5-6-18-13)14(21)19-11-15(3-1-2-4-15)20-7-9-22-10-8-20/h5-6H,1-4,7-11H2,(H2,16,18)(H,19,21). The molecule has 0 unspecified atom stereocenters. The fourth-order valence-corrected chi connectivity index (χ4v) is 4.43. The largest absolute Gasteiger partial charge is 0.382 e. The molecule has 1 amide bonds. The van der Waals surface area contributed by atoms with Gasteiger partial charge >= 0.3 is 0 Å². The van der Waals surface area contributed by atoms with Crippen molar-refractivity contribution in [3.63, 3.8) is 0 Å². The fraction of sp³-hybridized carbons (Fsp3) is 0.667. The number of carbonyl (C=O) groups is 1. The molecule has 1 aromatic heterocycles. The summed E-state index contributed by atoms with van der Waals surface area (Å²) in [4.78, 5) is 22.9. The number of rotatable bonds is 4. The van der Waals surface area contributed by atoms with Crippen LogP contribution in [0.1, 0.15) is 36.2 Å². The lowest BCUT2D eigenvalue weighted by Crippen LogP contribution is -2.56. The number of hydrogen-bond acceptors (Lipinski definition) is 6. The van der Waals surface area contributed by atoms with Gasteiger partial charge in [-0.1, -0.05) is 12.8 Å². The molecule has 3 N–H and O–H groups in total. The van der Waals surface area contributed by atoms with Crippen LogP contribution in [-0.2, 0) is 0 Å². The third kappa shape index (κ3) is 3.20. The Morgan fingerprint density at radius 2 is 1.95 bits per heavy atom. The van der Waals surface area contributed by atoms with E-state index in [4.69, 9.17) is 5.73 Å². The van der Waals surface area contributed by atoms with Gasteiger partial charge in [-0.2, -0.15) is 11.8 Å². The summed E-state index contributed by atoms with van der Waals surface area (Å²) in [6.45, 7) is 2.91. The van der Waals surface area contributed by atoms with Gasteiger partial charge in [0.1, 0.15) is 0 Å². The summed E-state index contributed by atoms with van der Waals surface area (Å²) in [5.74, 6) is 2.35. The van der Waals surface area contributed by atoms with Crippen molar-refractivity contribution in [1.82, 2.24) is 20.2 Å². The minimum absolute atomic E-state index is 0.119. The maximum atomic E-state index is 12.3. The molecule has 22 heavy (non-hydrogen) atoms. The quantitative estimate of drug-likeness (QED) is 0.865. The summed E-state index contributed by atoms with van der Waals surface area (Å²) in [5.41, 5.74) is 6.08.